The molecule has 5 rings (SSSR count). The Kier molecular flexibility index (Phi) is 5.48. The van der Waals surface area contributed by atoms with E-state index in [2.05, 4.69) is 20.2 Å². The fourth-order valence-electron chi connectivity index (χ4n) is 3.42. The Morgan fingerprint density at radius 2 is 1.62 bits per heavy atom. The first-order valence-electron chi connectivity index (χ1n) is 9.97. The lowest BCUT2D eigenvalue weighted by Crippen LogP contribution is -1.99. The van der Waals surface area contributed by atoms with Crippen LogP contribution in [0.4, 0.5) is 16.5 Å². The number of benzene rings is 3. The molecule has 9 nitrogen and oxygen atoms in total. The number of azo groups is 1. The zero-order valence-electron chi connectivity index (χ0n) is 17.3. The van der Waals surface area contributed by atoms with Crippen molar-refractivity contribution in [3.8, 4) is 11.3 Å². The normalized spacial score (nSPS) is 11.9. The Balaban J connectivity index is 1.49. The molecule has 1 N–H and O–H groups in total. The van der Waals surface area contributed by atoms with Gasteiger partial charge in [-0.15, -0.1) is 10.2 Å². The number of thiazole rings is 1. The van der Waals surface area contributed by atoms with Crippen molar-refractivity contribution in [1.29, 1.82) is 0 Å². The number of nitrogens with zero attached hydrogens (tertiary/aromatic N) is 4. The van der Waals surface area contributed by atoms with Crippen molar-refractivity contribution in [2.24, 2.45) is 10.2 Å². The Labute approximate surface area is 197 Å². The van der Waals surface area contributed by atoms with E-state index in [4.69, 9.17) is 0 Å². The highest BCUT2D eigenvalue weighted by Crippen LogP contribution is 2.39. The molecular weight excluding hydrogens is 474 g/mol. The minimum Gasteiger partial charge on any atom is -0.353 e. The van der Waals surface area contributed by atoms with E-state index in [-0.39, 0.29) is 19.9 Å². The Morgan fingerprint density at radius 1 is 0.912 bits per heavy atom. The molecule has 34 heavy (non-hydrogen) atoms. The number of nitro groups is 1. The maximum Gasteiger partial charge on any atom is 0.269 e. The van der Waals surface area contributed by atoms with E-state index in [9.17, 15) is 18.5 Å². The Bertz CT molecular complexity index is 1640. The minimum absolute atomic E-state index is 0.0301. The molecule has 11 heteroatoms. The fraction of sp³-hybridized carbons (Fsp3) is 0. The molecule has 2 aromatic heterocycles. The molecule has 0 spiro atoms. The first kappa shape index (κ1) is 21.6. The van der Waals surface area contributed by atoms with Gasteiger partial charge in [0.05, 0.1) is 21.7 Å². The van der Waals surface area contributed by atoms with Gasteiger partial charge in [0.25, 0.3) is 5.69 Å². The number of sulfone groups is 1. The van der Waals surface area contributed by atoms with Crippen LogP contribution in [0.1, 0.15) is 0 Å². The van der Waals surface area contributed by atoms with Crippen molar-refractivity contribution in [2.75, 3.05) is 0 Å². The van der Waals surface area contributed by atoms with Gasteiger partial charge >= 0.3 is 0 Å². The second-order valence-corrected chi connectivity index (χ2v) is 10.4. The maximum atomic E-state index is 12.9. The number of non-ortho nitro benzene ring substituents is 1. The van der Waals surface area contributed by atoms with Gasteiger partial charge in [0.2, 0.25) is 15.0 Å². The predicted molar refractivity (Wildman–Crippen MR) is 129 cm³/mol. The van der Waals surface area contributed by atoms with Gasteiger partial charge < -0.3 is 4.98 Å². The number of hydrogen-bond acceptors (Lipinski definition) is 8. The Hall–Kier alpha value is -4.22. The highest BCUT2D eigenvalue weighted by molar-refractivity contribution is 7.93. The quantitative estimate of drug-likeness (QED) is 0.166. The van der Waals surface area contributed by atoms with Gasteiger partial charge in [0.1, 0.15) is 9.90 Å². The molecule has 0 atom stereocenters. The van der Waals surface area contributed by atoms with E-state index in [1.54, 1.807) is 0 Å². The third-order valence-electron chi connectivity index (χ3n) is 5.07. The van der Waals surface area contributed by atoms with Gasteiger partial charge in [-0.25, -0.2) is 13.4 Å². The van der Waals surface area contributed by atoms with Gasteiger partial charge in [-0.3, -0.25) is 10.1 Å². The van der Waals surface area contributed by atoms with E-state index < -0.39 is 14.8 Å². The summed E-state index contributed by atoms with van der Waals surface area (Å²) in [5, 5.41) is 20.5. The molecule has 0 unspecified atom stereocenters. The van der Waals surface area contributed by atoms with Crippen LogP contribution in [-0.2, 0) is 9.84 Å². The highest BCUT2D eigenvalue weighted by atomic mass is 32.2. The van der Waals surface area contributed by atoms with E-state index in [1.165, 1.54) is 18.3 Å². The lowest BCUT2D eigenvalue weighted by Gasteiger charge is -2.00. The van der Waals surface area contributed by atoms with Crippen molar-refractivity contribution < 1.29 is 13.3 Å². The average molecular weight is 490 g/mol. The van der Waals surface area contributed by atoms with Crippen molar-refractivity contribution >= 4 is 48.6 Å². The van der Waals surface area contributed by atoms with Crippen molar-refractivity contribution in [2.45, 2.75) is 9.10 Å². The van der Waals surface area contributed by atoms with Crippen LogP contribution in [0.25, 0.3) is 22.2 Å². The van der Waals surface area contributed by atoms with Crippen LogP contribution in [0, 0.1) is 10.1 Å². The number of nitrogens with one attached hydrogen (secondary N) is 1. The average Bonchev–Trinajstić information content (AvgIpc) is 3.49. The van der Waals surface area contributed by atoms with Gasteiger partial charge in [-0.1, -0.05) is 59.9 Å². The lowest BCUT2D eigenvalue weighted by molar-refractivity contribution is -0.384. The number of para-hydroxylation sites is 1. The maximum absolute atomic E-state index is 12.9. The summed E-state index contributed by atoms with van der Waals surface area (Å²) < 4.78 is 25.8. The van der Waals surface area contributed by atoms with Crippen molar-refractivity contribution in [1.82, 2.24) is 9.97 Å². The van der Waals surface area contributed by atoms with Gasteiger partial charge in [-0.05, 0) is 18.2 Å². The Morgan fingerprint density at radius 3 is 2.35 bits per heavy atom. The number of nitro benzene ring substituents is 1. The van der Waals surface area contributed by atoms with Gasteiger partial charge in [-0.2, -0.15) is 0 Å². The molecule has 168 valence electrons. The summed E-state index contributed by atoms with van der Waals surface area (Å²) in [4.78, 5) is 17.6. The topological polar surface area (TPSA) is 131 Å². The summed E-state index contributed by atoms with van der Waals surface area (Å²) in [6, 6.07) is 22.1. The zero-order valence-corrected chi connectivity index (χ0v) is 19.0. The first-order chi connectivity index (χ1) is 16.4. The molecule has 3 aromatic carbocycles. The molecular formula is C23H15N5O4S2. The number of hydrogen-bond donors (Lipinski definition) is 1. The number of H-pyrrole nitrogens is 1. The van der Waals surface area contributed by atoms with E-state index in [0.717, 1.165) is 45.6 Å². The summed E-state index contributed by atoms with van der Waals surface area (Å²) >= 11 is 0.871. The summed E-state index contributed by atoms with van der Waals surface area (Å²) in [6.45, 7) is 0. The third kappa shape index (κ3) is 3.98. The first-order valence-corrected chi connectivity index (χ1v) is 12.3. The van der Waals surface area contributed by atoms with Crippen LogP contribution in [0.5, 0.6) is 0 Å². The van der Waals surface area contributed by atoms with Crippen LogP contribution < -0.4 is 0 Å². The van der Waals surface area contributed by atoms with Crippen LogP contribution in [-0.4, -0.2) is 23.3 Å². The molecule has 0 bridgehead atoms. The van der Waals surface area contributed by atoms with Gasteiger partial charge in [0, 0.05) is 28.6 Å². The monoisotopic (exact) mass is 489 g/mol. The summed E-state index contributed by atoms with van der Waals surface area (Å²) in [7, 11) is -3.89. The van der Waals surface area contributed by atoms with E-state index >= 15 is 0 Å². The molecule has 0 saturated heterocycles. The van der Waals surface area contributed by atoms with Crippen molar-refractivity contribution in [3.63, 3.8) is 0 Å². The molecule has 2 heterocycles. The molecule has 0 radical (unpaired) electrons. The second-order valence-electron chi connectivity index (χ2n) is 7.18. The van der Waals surface area contributed by atoms with Crippen molar-refractivity contribution in [3.05, 3.63) is 95.2 Å². The number of fused-ring (bicyclic) bond motifs is 1. The molecule has 0 aliphatic rings. The smallest absolute Gasteiger partial charge is 0.269 e. The molecule has 0 amide bonds. The van der Waals surface area contributed by atoms with Crippen LogP contribution in [0.2, 0.25) is 0 Å². The summed E-state index contributed by atoms with van der Waals surface area (Å²) in [5.41, 5.74) is 3.06. The fourth-order valence-corrected chi connectivity index (χ4v) is 5.76. The van der Waals surface area contributed by atoms with E-state index in [1.807, 2.05) is 54.6 Å². The number of aromatic nitrogens is 2. The largest absolute Gasteiger partial charge is 0.353 e. The number of aromatic amines is 1. The second kappa shape index (κ2) is 8.61. The van der Waals surface area contributed by atoms with Crippen LogP contribution in [0.15, 0.2) is 104 Å². The lowest BCUT2D eigenvalue weighted by atomic mass is 10.1. The van der Waals surface area contributed by atoms with Crippen LogP contribution in [0.3, 0.4) is 0 Å². The zero-order chi connectivity index (χ0) is 23.7. The third-order valence-corrected chi connectivity index (χ3v) is 8.18. The SMILES string of the molecule is O=[N+]([O-])c1ccc(S(=O)(=O)c2cnc(N=Nc3c(-c4ccccc4)[nH]c4ccccc34)s2)cc1. The predicted octanol–water partition coefficient (Wildman–Crippen LogP) is 6.45. The number of rotatable bonds is 6. The highest BCUT2D eigenvalue weighted by Gasteiger charge is 2.22. The van der Waals surface area contributed by atoms with Crippen LogP contribution >= 0.6 is 11.3 Å². The molecule has 0 fully saturated rings. The summed E-state index contributed by atoms with van der Waals surface area (Å²) in [5.74, 6) is 0. The standard InChI is InChI=1S/C23H15N5O4S2/c29-28(30)16-10-12-17(13-11-16)34(31,32)20-14-24-23(33-20)27-26-22-18-8-4-5-9-19(18)25-21(22)15-6-2-1-3-7-15/h1-14,25H. The molecule has 0 saturated carbocycles. The van der Waals surface area contributed by atoms with Gasteiger partial charge in [0.15, 0.2) is 0 Å². The molecule has 0 aliphatic heterocycles. The molecule has 0 aliphatic carbocycles. The molecule has 5 aromatic rings. The van der Waals surface area contributed by atoms with E-state index in [0.29, 0.717) is 5.69 Å². The minimum atomic E-state index is -3.89. The summed E-state index contributed by atoms with van der Waals surface area (Å²) in [6.07, 6.45) is 1.21.